The van der Waals surface area contributed by atoms with Gasteiger partial charge in [-0.2, -0.15) is 5.10 Å². The number of benzene rings is 1. The van der Waals surface area contributed by atoms with Crippen molar-refractivity contribution in [1.29, 1.82) is 0 Å². The number of guanidine groups is 1. The summed E-state index contributed by atoms with van der Waals surface area (Å²) >= 11 is 1.31. The molecule has 0 radical (unpaired) electrons. The first-order valence-electron chi connectivity index (χ1n) is 7.88. The van der Waals surface area contributed by atoms with Crippen molar-refractivity contribution in [3.05, 3.63) is 53.3 Å². The second-order valence-corrected chi connectivity index (χ2v) is 8.47. The summed E-state index contributed by atoms with van der Waals surface area (Å²) in [4.78, 5) is 5.54. The van der Waals surface area contributed by atoms with Gasteiger partial charge in [0.2, 0.25) is 5.96 Å². The molecule has 3 N–H and O–H groups in total. The lowest BCUT2D eigenvalue weighted by Gasteiger charge is -2.25. The maximum Gasteiger partial charge on any atom is 0.203 e. The van der Waals surface area contributed by atoms with Crippen LogP contribution in [-0.2, 0) is 11.0 Å². The van der Waals surface area contributed by atoms with Crippen molar-refractivity contribution in [3.8, 4) is 21.7 Å². The maximum absolute atomic E-state index is 14.6. The van der Waals surface area contributed by atoms with E-state index in [9.17, 15) is 8.60 Å². The van der Waals surface area contributed by atoms with Gasteiger partial charge < -0.3 is 5.73 Å². The molecule has 3 aromatic rings. The van der Waals surface area contributed by atoms with Crippen LogP contribution in [0.25, 0.3) is 21.7 Å². The molecule has 0 saturated carbocycles. The number of hydrogen-bond donors (Lipinski definition) is 2. The second kappa shape index (κ2) is 6.65. The Morgan fingerprint density at radius 2 is 2.15 bits per heavy atom. The summed E-state index contributed by atoms with van der Waals surface area (Å²) in [5.41, 5.74) is 8.56. The van der Waals surface area contributed by atoms with Gasteiger partial charge in [-0.05, 0) is 23.8 Å². The molecule has 3 heterocycles. The average Bonchev–Trinajstić information content (AvgIpc) is 3.29. The summed E-state index contributed by atoms with van der Waals surface area (Å²) in [6, 6.07) is 10.6. The Hall–Kier alpha value is -2.52. The van der Waals surface area contributed by atoms with E-state index in [1.165, 1.54) is 21.7 Å². The fraction of sp³-hybridized carbons (Fsp3) is 0.176. The summed E-state index contributed by atoms with van der Waals surface area (Å²) in [6.45, 7) is 0. The quantitative estimate of drug-likeness (QED) is 0.722. The van der Waals surface area contributed by atoms with Gasteiger partial charge in [-0.15, -0.1) is 11.3 Å². The van der Waals surface area contributed by atoms with Crippen LogP contribution >= 0.6 is 11.3 Å². The van der Waals surface area contributed by atoms with E-state index in [4.69, 9.17) is 5.73 Å². The van der Waals surface area contributed by atoms with Crippen molar-refractivity contribution < 1.29 is 8.60 Å². The molecule has 2 unspecified atom stereocenters. The summed E-state index contributed by atoms with van der Waals surface area (Å²) in [7, 11) is 0.307. The molecular formula is C17H16FN5OS2. The van der Waals surface area contributed by atoms with Gasteiger partial charge in [-0.25, -0.2) is 13.6 Å². The fourth-order valence-corrected chi connectivity index (χ4v) is 4.94. The minimum atomic E-state index is -1.31. The van der Waals surface area contributed by atoms with Crippen LogP contribution in [0.1, 0.15) is 10.9 Å². The van der Waals surface area contributed by atoms with Gasteiger partial charge in [0.1, 0.15) is 22.8 Å². The highest BCUT2D eigenvalue weighted by Gasteiger charge is 2.28. The molecule has 0 saturated heterocycles. The number of aromatic nitrogens is 2. The van der Waals surface area contributed by atoms with Gasteiger partial charge in [-0.3, -0.25) is 9.40 Å². The molecule has 0 amide bonds. The van der Waals surface area contributed by atoms with Gasteiger partial charge >= 0.3 is 0 Å². The standard InChI is InChI=1S/C17H16FN5OS2/c1-23-17(19)21-14(9-26(23)24)16-12(18)8-15(25-16)11-4-2-3-10(7-11)13-5-6-20-22-13/h2-8,14H,9H2,1H3,(H2,19,21)(H,20,22). The van der Waals surface area contributed by atoms with Gasteiger partial charge in [0, 0.05) is 23.7 Å². The lowest BCUT2D eigenvalue weighted by molar-refractivity contribution is 0.587. The third-order valence-corrected chi connectivity index (χ3v) is 6.85. The van der Waals surface area contributed by atoms with Gasteiger partial charge in [0.15, 0.2) is 0 Å². The van der Waals surface area contributed by atoms with E-state index in [1.54, 1.807) is 13.2 Å². The number of aliphatic imine (C=N–C) groups is 1. The zero-order chi connectivity index (χ0) is 18.3. The van der Waals surface area contributed by atoms with Crippen molar-refractivity contribution in [3.63, 3.8) is 0 Å². The number of aromatic amines is 1. The lowest BCUT2D eigenvalue weighted by Crippen LogP contribution is -2.41. The van der Waals surface area contributed by atoms with Crippen molar-refractivity contribution in [2.75, 3.05) is 12.8 Å². The Labute approximate surface area is 156 Å². The van der Waals surface area contributed by atoms with Gasteiger partial charge in [0.05, 0.1) is 16.3 Å². The zero-order valence-corrected chi connectivity index (χ0v) is 15.5. The van der Waals surface area contributed by atoms with E-state index < -0.39 is 17.0 Å². The molecular weight excluding hydrogens is 373 g/mol. The van der Waals surface area contributed by atoms with Crippen LogP contribution in [0, 0.1) is 5.82 Å². The number of thiophene rings is 1. The fourth-order valence-electron chi connectivity index (χ4n) is 2.77. The number of nitrogens with zero attached hydrogens (tertiary/aromatic N) is 3. The third-order valence-electron chi connectivity index (χ3n) is 4.19. The minimum absolute atomic E-state index is 0.162. The predicted octanol–water partition coefficient (Wildman–Crippen LogP) is 2.91. The molecule has 0 bridgehead atoms. The monoisotopic (exact) mass is 389 g/mol. The Morgan fingerprint density at radius 1 is 1.35 bits per heavy atom. The second-order valence-electron chi connectivity index (χ2n) is 5.86. The smallest absolute Gasteiger partial charge is 0.203 e. The number of nitrogens with one attached hydrogen (secondary N) is 1. The van der Waals surface area contributed by atoms with Crippen LogP contribution in [0.15, 0.2) is 47.6 Å². The summed E-state index contributed by atoms with van der Waals surface area (Å²) in [6.07, 6.45) is 1.69. The van der Waals surface area contributed by atoms with Crippen LogP contribution in [0.3, 0.4) is 0 Å². The van der Waals surface area contributed by atoms with Crippen molar-refractivity contribution >= 4 is 28.3 Å². The molecule has 26 heavy (non-hydrogen) atoms. The van der Waals surface area contributed by atoms with Crippen LogP contribution < -0.4 is 5.73 Å². The number of H-pyrrole nitrogens is 1. The summed E-state index contributed by atoms with van der Waals surface area (Å²) in [5, 5.41) is 6.88. The molecule has 1 aliphatic rings. The molecule has 2 aromatic heterocycles. The highest BCUT2D eigenvalue weighted by Crippen LogP contribution is 2.38. The molecule has 2 atom stereocenters. The first-order chi connectivity index (χ1) is 12.5. The number of hydrogen-bond acceptors (Lipinski definition) is 5. The van der Waals surface area contributed by atoms with Crippen LogP contribution in [-0.4, -0.2) is 37.5 Å². The van der Waals surface area contributed by atoms with E-state index in [2.05, 4.69) is 15.2 Å². The highest BCUT2D eigenvalue weighted by atomic mass is 32.2. The predicted molar refractivity (Wildman–Crippen MR) is 102 cm³/mol. The van der Waals surface area contributed by atoms with Crippen LogP contribution in [0.2, 0.25) is 0 Å². The lowest BCUT2D eigenvalue weighted by atomic mass is 10.1. The molecule has 4 rings (SSSR count). The molecule has 1 aromatic carbocycles. The first-order valence-corrected chi connectivity index (χ1v) is 9.97. The minimum Gasteiger partial charge on any atom is -0.369 e. The molecule has 9 heteroatoms. The van der Waals surface area contributed by atoms with E-state index in [0.29, 0.717) is 4.88 Å². The molecule has 134 valence electrons. The normalized spacial score (nSPS) is 20.2. The molecule has 1 aliphatic heterocycles. The first kappa shape index (κ1) is 16.9. The van der Waals surface area contributed by atoms with Gasteiger partial charge in [0.25, 0.3) is 0 Å². The van der Waals surface area contributed by atoms with Crippen molar-refractivity contribution in [1.82, 2.24) is 14.5 Å². The van der Waals surface area contributed by atoms with Crippen molar-refractivity contribution in [2.24, 2.45) is 10.7 Å². The van der Waals surface area contributed by atoms with E-state index in [1.807, 2.05) is 30.3 Å². The summed E-state index contributed by atoms with van der Waals surface area (Å²) in [5.74, 6) is 0.0395. The van der Waals surface area contributed by atoms with Crippen molar-refractivity contribution in [2.45, 2.75) is 6.04 Å². The van der Waals surface area contributed by atoms with Crippen LogP contribution in [0.4, 0.5) is 4.39 Å². The van der Waals surface area contributed by atoms with E-state index >= 15 is 0 Å². The number of halogens is 1. The van der Waals surface area contributed by atoms with E-state index in [-0.39, 0.29) is 17.5 Å². The van der Waals surface area contributed by atoms with E-state index in [0.717, 1.165) is 21.7 Å². The number of nitrogens with two attached hydrogens (primary N) is 1. The molecule has 0 spiro atoms. The third kappa shape index (κ3) is 3.04. The SMILES string of the molecule is CN1C(N)=NC(c2sc(-c3cccc(-c4ccn[nH]4)c3)cc2F)CS1=O. The Bertz CT molecular complexity index is 999. The average molecular weight is 389 g/mol. The zero-order valence-electron chi connectivity index (χ0n) is 13.8. The Kier molecular flexibility index (Phi) is 4.33. The van der Waals surface area contributed by atoms with Crippen LogP contribution in [0.5, 0.6) is 0 Å². The molecule has 6 nitrogen and oxygen atoms in total. The Balaban J connectivity index is 1.70. The summed E-state index contributed by atoms with van der Waals surface area (Å²) < 4.78 is 28.1. The highest BCUT2D eigenvalue weighted by molar-refractivity contribution is 7.83. The number of rotatable bonds is 3. The maximum atomic E-state index is 14.6. The molecule has 0 fully saturated rings. The molecule has 0 aliphatic carbocycles. The largest absolute Gasteiger partial charge is 0.369 e. The topological polar surface area (TPSA) is 87.4 Å². The Morgan fingerprint density at radius 3 is 2.88 bits per heavy atom. The van der Waals surface area contributed by atoms with Gasteiger partial charge in [-0.1, -0.05) is 18.2 Å².